The van der Waals surface area contributed by atoms with Crippen LogP contribution in [0.2, 0.25) is 0 Å². The fourth-order valence-corrected chi connectivity index (χ4v) is 2.66. The molecular formula is C21H27FN2O2. The second-order valence-corrected chi connectivity index (χ2v) is 6.12. The van der Waals surface area contributed by atoms with Gasteiger partial charge in [0.05, 0.1) is 6.61 Å². The molecule has 0 unspecified atom stereocenters. The molecule has 0 fully saturated rings. The third-order valence-corrected chi connectivity index (χ3v) is 4.09. The predicted octanol–water partition coefficient (Wildman–Crippen LogP) is 4.48. The van der Waals surface area contributed by atoms with Crippen molar-refractivity contribution in [1.29, 1.82) is 0 Å². The average Bonchev–Trinajstić information content (AvgIpc) is 2.65. The molecule has 1 N–H and O–H groups in total. The first-order chi connectivity index (χ1) is 12.6. The number of carbonyl (C=O) groups is 1. The van der Waals surface area contributed by atoms with Crippen molar-refractivity contribution in [3.05, 3.63) is 71.0 Å². The Hall–Kier alpha value is -2.40. The summed E-state index contributed by atoms with van der Waals surface area (Å²) in [6, 6.07) is 14.1. The van der Waals surface area contributed by atoms with Crippen molar-refractivity contribution in [1.82, 2.24) is 10.2 Å². The van der Waals surface area contributed by atoms with Gasteiger partial charge in [-0.05, 0) is 42.2 Å². The topological polar surface area (TPSA) is 41.6 Å². The van der Waals surface area contributed by atoms with Gasteiger partial charge in [0.15, 0.2) is 0 Å². The van der Waals surface area contributed by atoms with Crippen LogP contribution in [0.25, 0.3) is 0 Å². The highest BCUT2D eigenvalue weighted by Gasteiger charge is 2.13. The van der Waals surface area contributed by atoms with E-state index in [0.29, 0.717) is 26.2 Å². The predicted molar refractivity (Wildman–Crippen MR) is 101 cm³/mol. The molecule has 2 aromatic carbocycles. The van der Waals surface area contributed by atoms with Gasteiger partial charge < -0.3 is 15.0 Å². The minimum Gasteiger partial charge on any atom is -0.377 e. The van der Waals surface area contributed by atoms with Gasteiger partial charge in [-0.3, -0.25) is 0 Å². The minimum atomic E-state index is -0.292. The maximum Gasteiger partial charge on any atom is 0.317 e. The van der Waals surface area contributed by atoms with Gasteiger partial charge in [-0.1, -0.05) is 43.3 Å². The summed E-state index contributed by atoms with van der Waals surface area (Å²) in [6.45, 7) is 6.60. The number of nitrogens with one attached hydrogen (secondary N) is 1. The molecule has 0 aliphatic carbocycles. The Balaban J connectivity index is 1.94. The summed E-state index contributed by atoms with van der Waals surface area (Å²) in [5.41, 5.74) is 2.89. The fraction of sp³-hybridized carbons (Fsp3) is 0.381. The molecule has 2 rings (SSSR count). The highest BCUT2D eigenvalue weighted by molar-refractivity contribution is 5.74. The number of urea groups is 1. The lowest BCUT2D eigenvalue weighted by Crippen LogP contribution is -2.39. The molecule has 140 valence electrons. The molecule has 4 nitrogen and oxygen atoms in total. The third-order valence-electron chi connectivity index (χ3n) is 4.09. The molecule has 0 saturated heterocycles. The van der Waals surface area contributed by atoms with Gasteiger partial charge >= 0.3 is 6.03 Å². The molecule has 2 amide bonds. The van der Waals surface area contributed by atoms with Crippen molar-refractivity contribution in [2.24, 2.45) is 0 Å². The standard InChI is InChI=1S/C21H27FN2O2/c1-3-12-26-16-19-10-6-5-9-18(19)14-23-21(25)24(4-2)15-17-8-7-11-20(22)13-17/h5-11,13H,3-4,12,14-16H2,1-2H3,(H,23,25). The Bertz CT molecular complexity index is 706. The molecule has 5 heteroatoms. The summed E-state index contributed by atoms with van der Waals surface area (Å²) in [6.07, 6.45) is 0.977. The normalized spacial score (nSPS) is 10.6. The van der Waals surface area contributed by atoms with Gasteiger partial charge in [-0.2, -0.15) is 0 Å². The lowest BCUT2D eigenvalue weighted by Gasteiger charge is -2.22. The Kier molecular flexibility index (Phi) is 8.09. The van der Waals surface area contributed by atoms with Crippen LogP contribution in [0, 0.1) is 5.82 Å². The highest BCUT2D eigenvalue weighted by Crippen LogP contribution is 2.11. The van der Waals surface area contributed by atoms with E-state index in [0.717, 1.165) is 29.7 Å². The third kappa shape index (κ3) is 6.15. The quantitative estimate of drug-likeness (QED) is 0.671. The summed E-state index contributed by atoms with van der Waals surface area (Å²) in [5.74, 6) is -0.292. The van der Waals surface area contributed by atoms with E-state index in [1.807, 2.05) is 37.3 Å². The van der Waals surface area contributed by atoms with Crippen molar-refractivity contribution >= 4 is 6.03 Å². The molecule has 0 heterocycles. The van der Waals surface area contributed by atoms with Crippen molar-refractivity contribution in [2.45, 2.75) is 40.0 Å². The maximum absolute atomic E-state index is 13.3. The Morgan fingerprint density at radius 1 is 1.12 bits per heavy atom. The molecule has 0 saturated carbocycles. The maximum atomic E-state index is 13.3. The van der Waals surface area contributed by atoms with E-state index >= 15 is 0 Å². The summed E-state index contributed by atoms with van der Waals surface area (Å²) in [7, 11) is 0. The van der Waals surface area contributed by atoms with Crippen LogP contribution >= 0.6 is 0 Å². The number of benzene rings is 2. The van der Waals surface area contributed by atoms with Gasteiger partial charge in [0.2, 0.25) is 0 Å². The second kappa shape index (κ2) is 10.6. The zero-order valence-corrected chi connectivity index (χ0v) is 15.5. The number of carbonyl (C=O) groups excluding carboxylic acids is 1. The molecule has 0 aliphatic rings. The zero-order chi connectivity index (χ0) is 18.8. The van der Waals surface area contributed by atoms with E-state index in [1.165, 1.54) is 12.1 Å². The number of rotatable bonds is 9. The first kappa shape index (κ1) is 19.9. The van der Waals surface area contributed by atoms with Crippen LogP contribution in [-0.2, 0) is 24.4 Å². The van der Waals surface area contributed by atoms with Crippen LogP contribution in [0.4, 0.5) is 9.18 Å². The monoisotopic (exact) mass is 358 g/mol. The number of hydrogen-bond acceptors (Lipinski definition) is 2. The van der Waals surface area contributed by atoms with E-state index in [9.17, 15) is 9.18 Å². The van der Waals surface area contributed by atoms with E-state index < -0.39 is 0 Å². The van der Waals surface area contributed by atoms with E-state index in [4.69, 9.17) is 4.74 Å². The Labute approximate surface area is 155 Å². The van der Waals surface area contributed by atoms with Crippen LogP contribution in [0.1, 0.15) is 37.0 Å². The van der Waals surface area contributed by atoms with Crippen LogP contribution in [0.3, 0.4) is 0 Å². The van der Waals surface area contributed by atoms with Crippen LogP contribution in [-0.4, -0.2) is 24.1 Å². The molecule has 0 radical (unpaired) electrons. The van der Waals surface area contributed by atoms with Gasteiger partial charge in [-0.15, -0.1) is 0 Å². The van der Waals surface area contributed by atoms with Crippen molar-refractivity contribution in [3.63, 3.8) is 0 Å². The Morgan fingerprint density at radius 3 is 2.58 bits per heavy atom. The number of hydrogen-bond donors (Lipinski definition) is 1. The SMILES string of the molecule is CCCOCc1ccccc1CNC(=O)N(CC)Cc1cccc(F)c1. The lowest BCUT2D eigenvalue weighted by molar-refractivity contribution is 0.121. The number of nitrogens with zero attached hydrogens (tertiary/aromatic N) is 1. The highest BCUT2D eigenvalue weighted by atomic mass is 19.1. The zero-order valence-electron chi connectivity index (χ0n) is 15.5. The minimum absolute atomic E-state index is 0.166. The molecule has 0 spiro atoms. The summed E-state index contributed by atoms with van der Waals surface area (Å²) < 4.78 is 18.9. The smallest absolute Gasteiger partial charge is 0.317 e. The van der Waals surface area contributed by atoms with Crippen LogP contribution in [0.15, 0.2) is 48.5 Å². The lowest BCUT2D eigenvalue weighted by atomic mass is 10.1. The largest absolute Gasteiger partial charge is 0.377 e. The van der Waals surface area contributed by atoms with Gasteiger partial charge in [0.1, 0.15) is 5.82 Å². The van der Waals surface area contributed by atoms with Crippen LogP contribution in [0.5, 0.6) is 0 Å². The molecule has 26 heavy (non-hydrogen) atoms. The summed E-state index contributed by atoms with van der Waals surface area (Å²) in [5, 5.41) is 2.95. The summed E-state index contributed by atoms with van der Waals surface area (Å²) >= 11 is 0. The van der Waals surface area contributed by atoms with Gasteiger partial charge in [0, 0.05) is 26.2 Å². The number of halogens is 1. The van der Waals surface area contributed by atoms with Crippen molar-refractivity contribution in [2.75, 3.05) is 13.2 Å². The molecule has 0 bridgehead atoms. The molecule has 0 atom stereocenters. The number of amides is 2. The van der Waals surface area contributed by atoms with Gasteiger partial charge in [0.25, 0.3) is 0 Å². The Morgan fingerprint density at radius 2 is 1.88 bits per heavy atom. The molecule has 0 aromatic heterocycles. The van der Waals surface area contributed by atoms with E-state index in [2.05, 4.69) is 12.2 Å². The van der Waals surface area contributed by atoms with E-state index in [-0.39, 0.29) is 11.8 Å². The summed E-state index contributed by atoms with van der Waals surface area (Å²) in [4.78, 5) is 14.2. The van der Waals surface area contributed by atoms with Crippen molar-refractivity contribution < 1.29 is 13.9 Å². The van der Waals surface area contributed by atoms with Crippen LogP contribution < -0.4 is 5.32 Å². The van der Waals surface area contributed by atoms with Crippen molar-refractivity contribution in [3.8, 4) is 0 Å². The van der Waals surface area contributed by atoms with Gasteiger partial charge in [-0.25, -0.2) is 9.18 Å². The average molecular weight is 358 g/mol. The molecule has 0 aliphatic heterocycles. The molecular weight excluding hydrogens is 331 g/mol. The van der Waals surface area contributed by atoms with E-state index in [1.54, 1.807) is 11.0 Å². The first-order valence-electron chi connectivity index (χ1n) is 9.05. The fourth-order valence-electron chi connectivity index (χ4n) is 2.66. The second-order valence-electron chi connectivity index (χ2n) is 6.12. The first-order valence-corrected chi connectivity index (χ1v) is 9.05. The number of ether oxygens (including phenoxy) is 1. The molecule has 2 aromatic rings.